The Bertz CT molecular complexity index is 1270. The fourth-order valence-corrected chi connectivity index (χ4v) is 3.93. The van der Waals surface area contributed by atoms with E-state index in [4.69, 9.17) is 17.2 Å². The van der Waals surface area contributed by atoms with E-state index in [0.29, 0.717) is 0 Å². The van der Waals surface area contributed by atoms with Crippen LogP contribution in [0, 0.1) is 41.3 Å². The average Bonchev–Trinajstić information content (AvgIpc) is 2.67. The molecule has 0 radical (unpaired) electrons. The maximum atomic E-state index is 10.4. The van der Waals surface area contributed by atoms with Crippen molar-refractivity contribution in [3.63, 3.8) is 0 Å². The maximum Gasteiger partial charge on any atom is 3.00 e. The van der Waals surface area contributed by atoms with Gasteiger partial charge in [-0.1, -0.05) is 36.4 Å². The molecular formula is C18H34N3O17PrS3. The molecule has 0 fully saturated rings. The Morgan fingerprint density at radius 3 is 0.619 bits per heavy atom. The first-order valence-corrected chi connectivity index (χ1v) is 12.7. The van der Waals surface area contributed by atoms with Gasteiger partial charge in [-0.25, -0.2) is 25.3 Å². The Balaban J connectivity index is -0.0000000502. The molecule has 244 valence electrons. The van der Waals surface area contributed by atoms with Gasteiger partial charge >= 0.3 is 41.3 Å². The number of nitrogen functional groups attached to an aromatic ring is 3. The average molecular weight is 802 g/mol. The van der Waals surface area contributed by atoms with E-state index in [1.54, 1.807) is 18.2 Å². The second-order valence-electron chi connectivity index (χ2n) is 5.98. The first-order valence-electron chi connectivity index (χ1n) is 8.46. The summed E-state index contributed by atoms with van der Waals surface area (Å²) in [6.45, 7) is 0. The van der Waals surface area contributed by atoms with Crippen molar-refractivity contribution >= 4 is 47.4 Å². The van der Waals surface area contributed by atoms with Crippen LogP contribution in [0.1, 0.15) is 0 Å². The molecule has 0 aliphatic heterocycles. The summed E-state index contributed by atoms with van der Waals surface area (Å²) in [5.74, 6) is 0. The van der Waals surface area contributed by atoms with E-state index >= 15 is 0 Å². The topological polar surface area (TPSA) is 502 Å². The van der Waals surface area contributed by atoms with Gasteiger partial charge in [-0.15, -0.1) is 0 Å². The van der Waals surface area contributed by atoms with E-state index < -0.39 is 30.4 Å². The molecule has 20 nitrogen and oxygen atoms in total. The van der Waals surface area contributed by atoms with Gasteiger partial charge in [0, 0.05) is 17.1 Å². The van der Waals surface area contributed by atoms with Crippen molar-refractivity contribution < 1.29 is 124 Å². The second-order valence-corrected chi connectivity index (χ2v) is 10.0. The molecule has 0 aliphatic carbocycles. The number of para-hydroxylation sites is 3. The SMILES string of the molecule is Nc1ccccc1S(=O)(=O)[O-].Nc1ccccc1S(=O)(=O)[O-].Nc1ccccc1S(=O)(=O)[O-].O.O.O.O.O.O.O.O.[Pr+3]. The second kappa shape index (κ2) is 26.5. The first kappa shape index (κ1) is 63.2. The smallest absolute Gasteiger partial charge is 0.744 e. The monoisotopic (exact) mass is 801 g/mol. The number of anilines is 3. The Hall–Kier alpha value is -2.17. The van der Waals surface area contributed by atoms with Crippen LogP contribution in [0.15, 0.2) is 87.5 Å². The van der Waals surface area contributed by atoms with Gasteiger partial charge in [0.1, 0.15) is 30.4 Å². The minimum atomic E-state index is -4.41. The van der Waals surface area contributed by atoms with Crippen LogP contribution in [0.2, 0.25) is 0 Å². The van der Waals surface area contributed by atoms with E-state index in [1.165, 1.54) is 54.6 Å². The molecule has 0 bridgehead atoms. The molecule has 0 amide bonds. The molecule has 3 aromatic rings. The van der Waals surface area contributed by atoms with E-state index in [1.807, 2.05) is 0 Å². The molecule has 0 atom stereocenters. The molecule has 0 unspecified atom stereocenters. The number of rotatable bonds is 3. The van der Waals surface area contributed by atoms with Crippen molar-refractivity contribution in [2.75, 3.05) is 17.2 Å². The van der Waals surface area contributed by atoms with Crippen molar-refractivity contribution in [3.8, 4) is 0 Å². The van der Waals surface area contributed by atoms with Crippen LogP contribution >= 0.6 is 0 Å². The fraction of sp³-hybridized carbons (Fsp3) is 0. The zero-order valence-corrected chi connectivity index (χ0v) is 27.3. The summed E-state index contributed by atoms with van der Waals surface area (Å²) in [6.07, 6.45) is 0. The molecular weight excluding hydrogens is 767 g/mol. The summed E-state index contributed by atoms with van der Waals surface area (Å²) in [5.41, 5.74) is 15.6. The minimum absolute atomic E-state index is 0. The fourth-order valence-electron chi connectivity index (χ4n) is 2.12. The molecule has 3 aromatic carbocycles. The van der Waals surface area contributed by atoms with Crippen LogP contribution in [0.25, 0.3) is 0 Å². The quantitative estimate of drug-likeness (QED) is 0.165. The largest absolute Gasteiger partial charge is 3.00 e. The van der Waals surface area contributed by atoms with Crippen molar-refractivity contribution in [1.29, 1.82) is 0 Å². The summed E-state index contributed by atoms with van der Waals surface area (Å²) in [6, 6.07) is 16.6. The molecule has 0 saturated heterocycles. The van der Waals surface area contributed by atoms with Gasteiger partial charge in [0.25, 0.3) is 0 Å². The van der Waals surface area contributed by atoms with Gasteiger partial charge in [-0.3, -0.25) is 0 Å². The van der Waals surface area contributed by atoms with Crippen LogP contribution in [0.5, 0.6) is 0 Å². The molecule has 0 aromatic heterocycles. The minimum Gasteiger partial charge on any atom is -0.744 e. The molecule has 0 spiro atoms. The predicted molar refractivity (Wildman–Crippen MR) is 145 cm³/mol. The predicted octanol–water partition coefficient (Wildman–Crippen LogP) is -6.08. The third kappa shape index (κ3) is 21.5. The Morgan fingerprint density at radius 2 is 0.524 bits per heavy atom. The molecule has 24 heteroatoms. The Morgan fingerprint density at radius 1 is 0.381 bits per heavy atom. The molecule has 0 heterocycles. The zero-order chi connectivity index (χ0) is 25.4. The third-order valence-electron chi connectivity index (χ3n) is 3.57. The first-order chi connectivity index (χ1) is 15.0. The van der Waals surface area contributed by atoms with E-state index in [0.717, 1.165) is 0 Å². The summed E-state index contributed by atoms with van der Waals surface area (Å²) in [7, 11) is -13.2. The Kier molecular flexibility index (Phi) is 39.8. The van der Waals surface area contributed by atoms with Gasteiger partial charge in [0.05, 0.1) is 14.7 Å². The van der Waals surface area contributed by atoms with Gasteiger partial charge in [-0.05, 0) is 36.4 Å². The molecule has 0 saturated carbocycles. The summed E-state index contributed by atoms with van der Waals surface area (Å²) >= 11 is 0. The zero-order valence-electron chi connectivity index (χ0n) is 21.1. The van der Waals surface area contributed by atoms with Crippen LogP contribution in [0.3, 0.4) is 0 Å². The Labute approximate surface area is 274 Å². The van der Waals surface area contributed by atoms with Crippen molar-refractivity contribution in [2.45, 2.75) is 14.7 Å². The van der Waals surface area contributed by atoms with Gasteiger partial charge < -0.3 is 74.7 Å². The van der Waals surface area contributed by atoms with Crippen molar-refractivity contribution in [1.82, 2.24) is 0 Å². The summed E-state index contributed by atoms with van der Waals surface area (Å²) in [5, 5.41) is 0. The maximum absolute atomic E-state index is 10.4. The van der Waals surface area contributed by atoms with E-state index in [9.17, 15) is 38.9 Å². The molecule has 22 N–H and O–H groups in total. The van der Waals surface area contributed by atoms with Gasteiger partial charge in [0.2, 0.25) is 0 Å². The number of hydrogen-bond acceptors (Lipinski definition) is 12. The van der Waals surface area contributed by atoms with Gasteiger partial charge in [-0.2, -0.15) is 0 Å². The number of benzene rings is 3. The van der Waals surface area contributed by atoms with Crippen molar-refractivity contribution in [3.05, 3.63) is 72.8 Å². The standard InChI is InChI=1S/3C6H7NO3S.8H2O.Pr/c3*7-5-3-1-2-4-6(5)11(8,9)10;;;;;;;;;/h3*1-4H,7H2,(H,8,9,10);8*1H2;/q;;;;;;;;;;;+3/p-3. The normalized spacial score (nSPS) is 8.93. The van der Waals surface area contributed by atoms with Crippen LogP contribution in [0.4, 0.5) is 17.1 Å². The molecule has 42 heavy (non-hydrogen) atoms. The van der Waals surface area contributed by atoms with Crippen molar-refractivity contribution in [2.24, 2.45) is 0 Å². The van der Waals surface area contributed by atoms with Gasteiger partial charge in [0.15, 0.2) is 0 Å². The summed E-state index contributed by atoms with van der Waals surface area (Å²) < 4.78 is 93.8. The third-order valence-corrected chi connectivity index (χ3v) is 6.30. The number of nitrogens with two attached hydrogens (primary N) is 3. The number of hydrogen-bond donors (Lipinski definition) is 3. The summed E-state index contributed by atoms with van der Waals surface area (Å²) in [4.78, 5) is -1.08. The van der Waals surface area contributed by atoms with Crippen LogP contribution < -0.4 is 17.2 Å². The van der Waals surface area contributed by atoms with Crippen LogP contribution in [-0.4, -0.2) is 82.7 Å². The molecule has 0 aliphatic rings. The van der Waals surface area contributed by atoms with Crippen LogP contribution in [-0.2, 0) is 30.4 Å². The van der Waals surface area contributed by atoms with E-state index in [-0.39, 0.29) is 117 Å². The molecule has 3 rings (SSSR count). The van der Waals surface area contributed by atoms with E-state index in [2.05, 4.69) is 0 Å².